The van der Waals surface area contributed by atoms with Gasteiger partial charge in [0.2, 0.25) is 0 Å². The van der Waals surface area contributed by atoms with E-state index in [1.54, 1.807) is 0 Å². The van der Waals surface area contributed by atoms with E-state index in [0.29, 0.717) is 11.4 Å². The molecule has 0 unspecified atom stereocenters. The van der Waals surface area contributed by atoms with Gasteiger partial charge in [-0.05, 0) is 29.8 Å². The number of fused-ring (bicyclic) bond motifs is 1. The minimum atomic E-state index is -1.34. The van der Waals surface area contributed by atoms with Crippen LogP contribution in [0.25, 0.3) is 11.0 Å². The Kier molecular flexibility index (Phi) is 3.84. The number of carbonyl (C=O) groups is 1. The third-order valence-electron chi connectivity index (χ3n) is 3.30. The number of hydrogen-bond acceptors (Lipinski definition) is 3. The molecule has 2 aromatic carbocycles. The molecule has 3 aromatic rings. The normalized spacial score (nSPS) is 12.3. The molecule has 0 fully saturated rings. The lowest BCUT2D eigenvalue weighted by Gasteiger charge is -2.10. The number of amides is 1. The zero-order chi connectivity index (χ0) is 15.5. The van der Waals surface area contributed by atoms with Gasteiger partial charge >= 0.3 is 0 Å². The first-order chi connectivity index (χ1) is 10.6. The molecule has 6 heteroatoms. The highest BCUT2D eigenvalue weighted by molar-refractivity contribution is 5.82. The summed E-state index contributed by atoms with van der Waals surface area (Å²) < 4.78 is 12.8. The van der Waals surface area contributed by atoms with Crippen LogP contribution in [0.3, 0.4) is 0 Å². The van der Waals surface area contributed by atoms with E-state index in [4.69, 9.17) is 0 Å². The van der Waals surface area contributed by atoms with Crippen LogP contribution in [0.4, 0.5) is 4.39 Å². The number of carbonyl (C=O) groups excluding carboxylic acids is 1. The van der Waals surface area contributed by atoms with Gasteiger partial charge in [0.05, 0.1) is 17.6 Å². The third-order valence-corrected chi connectivity index (χ3v) is 3.30. The van der Waals surface area contributed by atoms with Crippen LogP contribution < -0.4 is 5.32 Å². The summed E-state index contributed by atoms with van der Waals surface area (Å²) in [5.41, 5.74) is 2.03. The van der Waals surface area contributed by atoms with E-state index in [-0.39, 0.29) is 6.54 Å². The van der Waals surface area contributed by atoms with Crippen LogP contribution in [0.5, 0.6) is 0 Å². The Morgan fingerprint density at radius 2 is 1.95 bits per heavy atom. The fourth-order valence-corrected chi connectivity index (χ4v) is 2.15. The highest BCUT2D eigenvalue weighted by Gasteiger charge is 2.17. The number of aromatic amines is 1. The van der Waals surface area contributed by atoms with E-state index in [9.17, 15) is 14.3 Å². The Hall–Kier alpha value is -2.73. The largest absolute Gasteiger partial charge is 0.378 e. The summed E-state index contributed by atoms with van der Waals surface area (Å²) in [5, 5.41) is 12.5. The van der Waals surface area contributed by atoms with Crippen molar-refractivity contribution in [2.75, 3.05) is 0 Å². The molecule has 1 atom stereocenters. The number of para-hydroxylation sites is 2. The monoisotopic (exact) mass is 299 g/mol. The number of H-pyrrole nitrogens is 1. The fourth-order valence-electron chi connectivity index (χ4n) is 2.15. The van der Waals surface area contributed by atoms with E-state index < -0.39 is 17.8 Å². The molecular weight excluding hydrogens is 285 g/mol. The van der Waals surface area contributed by atoms with E-state index in [1.165, 1.54) is 24.3 Å². The van der Waals surface area contributed by atoms with Gasteiger partial charge in [-0.3, -0.25) is 4.79 Å². The minimum absolute atomic E-state index is 0.172. The van der Waals surface area contributed by atoms with Crippen molar-refractivity contribution in [2.45, 2.75) is 12.6 Å². The molecule has 0 saturated heterocycles. The molecule has 5 nitrogen and oxygen atoms in total. The molecule has 0 bridgehead atoms. The summed E-state index contributed by atoms with van der Waals surface area (Å²) in [6, 6.07) is 12.7. The van der Waals surface area contributed by atoms with Gasteiger partial charge in [0.1, 0.15) is 11.6 Å². The molecule has 1 amide bonds. The molecule has 1 aromatic heterocycles. The maximum absolute atomic E-state index is 12.8. The summed E-state index contributed by atoms with van der Waals surface area (Å²) in [4.78, 5) is 19.3. The first-order valence-corrected chi connectivity index (χ1v) is 6.78. The highest BCUT2D eigenvalue weighted by Crippen LogP contribution is 2.14. The zero-order valence-corrected chi connectivity index (χ0v) is 11.6. The maximum Gasteiger partial charge on any atom is 0.253 e. The average molecular weight is 299 g/mol. The van der Waals surface area contributed by atoms with Gasteiger partial charge in [-0.25, -0.2) is 9.37 Å². The van der Waals surface area contributed by atoms with Gasteiger partial charge in [0.25, 0.3) is 5.91 Å². The first-order valence-electron chi connectivity index (χ1n) is 6.78. The van der Waals surface area contributed by atoms with Crippen LogP contribution in [-0.4, -0.2) is 21.0 Å². The van der Waals surface area contributed by atoms with Crippen LogP contribution in [0, 0.1) is 5.82 Å². The molecule has 22 heavy (non-hydrogen) atoms. The number of aliphatic hydroxyl groups is 1. The van der Waals surface area contributed by atoms with Crippen molar-refractivity contribution in [3.63, 3.8) is 0 Å². The molecule has 112 valence electrons. The van der Waals surface area contributed by atoms with Gasteiger partial charge in [-0.15, -0.1) is 0 Å². The van der Waals surface area contributed by atoms with Crippen LogP contribution in [0.2, 0.25) is 0 Å². The van der Waals surface area contributed by atoms with Crippen molar-refractivity contribution < 1.29 is 14.3 Å². The van der Waals surface area contributed by atoms with Crippen molar-refractivity contribution in [1.29, 1.82) is 0 Å². The molecule has 0 spiro atoms. The highest BCUT2D eigenvalue weighted by atomic mass is 19.1. The lowest BCUT2D eigenvalue weighted by Crippen LogP contribution is -2.29. The third kappa shape index (κ3) is 2.96. The summed E-state index contributed by atoms with van der Waals surface area (Å²) in [7, 11) is 0. The topological polar surface area (TPSA) is 78.0 Å². The Morgan fingerprint density at radius 3 is 2.68 bits per heavy atom. The summed E-state index contributed by atoms with van der Waals surface area (Å²) in [5.74, 6) is -0.383. The number of nitrogens with one attached hydrogen (secondary N) is 2. The Labute approximate surface area is 125 Å². The lowest BCUT2D eigenvalue weighted by molar-refractivity contribution is -0.129. The van der Waals surface area contributed by atoms with E-state index in [1.807, 2.05) is 24.3 Å². The van der Waals surface area contributed by atoms with Crippen LogP contribution in [0.1, 0.15) is 17.5 Å². The smallest absolute Gasteiger partial charge is 0.253 e. The lowest BCUT2D eigenvalue weighted by atomic mass is 10.1. The SMILES string of the molecule is O=C(NCc1nc2ccccc2[nH]1)[C@@H](O)c1ccc(F)cc1. The number of benzene rings is 2. The van der Waals surface area contributed by atoms with Crippen molar-refractivity contribution in [3.8, 4) is 0 Å². The van der Waals surface area contributed by atoms with E-state index in [2.05, 4.69) is 15.3 Å². The number of nitrogens with zero attached hydrogens (tertiary/aromatic N) is 1. The van der Waals surface area contributed by atoms with Gasteiger partial charge in [0, 0.05) is 0 Å². The second kappa shape index (κ2) is 5.95. The summed E-state index contributed by atoms with van der Waals surface area (Å²) in [6.45, 7) is 0.172. The summed E-state index contributed by atoms with van der Waals surface area (Å²) in [6.07, 6.45) is -1.34. The predicted octanol–water partition coefficient (Wildman–Crippen LogP) is 2.05. The standard InChI is InChI=1S/C16H14FN3O2/c17-11-7-5-10(6-8-11)15(21)16(22)18-9-14-19-12-3-1-2-4-13(12)20-14/h1-8,15,21H,9H2,(H,18,22)(H,19,20)/t15-/m0/s1. The van der Waals surface area contributed by atoms with Gasteiger partial charge < -0.3 is 15.4 Å². The van der Waals surface area contributed by atoms with Crippen LogP contribution in [0.15, 0.2) is 48.5 Å². The molecule has 0 radical (unpaired) electrons. The second-order valence-electron chi connectivity index (χ2n) is 4.87. The average Bonchev–Trinajstić information content (AvgIpc) is 2.95. The van der Waals surface area contributed by atoms with Gasteiger partial charge in [-0.1, -0.05) is 24.3 Å². The number of hydrogen-bond donors (Lipinski definition) is 3. The Balaban J connectivity index is 1.65. The number of aromatic nitrogens is 2. The fraction of sp³-hybridized carbons (Fsp3) is 0.125. The minimum Gasteiger partial charge on any atom is -0.378 e. The van der Waals surface area contributed by atoms with E-state index >= 15 is 0 Å². The zero-order valence-electron chi connectivity index (χ0n) is 11.6. The van der Waals surface area contributed by atoms with Crippen molar-refractivity contribution in [2.24, 2.45) is 0 Å². The van der Waals surface area contributed by atoms with Crippen LogP contribution in [-0.2, 0) is 11.3 Å². The molecule has 0 aliphatic heterocycles. The quantitative estimate of drug-likeness (QED) is 0.690. The Bertz CT molecular complexity index is 766. The van der Waals surface area contributed by atoms with Crippen molar-refractivity contribution >= 4 is 16.9 Å². The number of aliphatic hydroxyl groups excluding tert-OH is 1. The van der Waals surface area contributed by atoms with E-state index in [0.717, 1.165) is 11.0 Å². The number of imidazole rings is 1. The molecule has 3 N–H and O–H groups in total. The summed E-state index contributed by atoms with van der Waals surface area (Å²) >= 11 is 0. The Morgan fingerprint density at radius 1 is 1.23 bits per heavy atom. The number of rotatable bonds is 4. The van der Waals surface area contributed by atoms with Gasteiger partial charge in [0.15, 0.2) is 6.10 Å². The van der Waals surface area contributed by atoms with Crippen molar-refractivity contribution in [3.05, 3.63) is 65.7 Å². The predicted molar refractivity (Wildman–Crippen MR) is 79.3 cm³/mol. The molecule has 0 aliphatic carbocycles. The first kappa shape index (κ1) is 14.2. The maximum atomic E-state index is 12.8. The van der Waals surface area contributed by atoms with Crippen molar-refractivity contribution in [1.82, 2.24) is 15.3 Å². The molecule has 1 heterocycles. The van der Waals surface area contributed by atoms with Gasteiger partial charge in [-0.2, -0.15) is 0 Å². The molecular formula is C16H14FN3O2. The number of halogens is 1. The second-order valence-corrected chi connectivity index (χ2v) is 4.87. The molecule has 0 aliphatic rings. The molecule has 3 rings (SSSR count). The van der Waals surface area contributed by atoms with Crippen LogP contribution >= 0.6 is 0 Å². The molecule has 0 saturated carbocycles.